The highest BCUT2D eigenvalue weighted by Crippen LogP contribution is 2.35. The van der Waals surface area contributed by atoms with Crippen molar-refractivity contribution < 1.29 is 27.5 Å². The van der Waals surface area contributed by atoms with Crippen LogP contribution in [0.15, 0.2) is 23.5 Å². The second-order valence-electron chi connectivity index (χ2n) is 5.54. The van der Waals surface area contributed by atoms with E-state index >= 15 is 0 Å². The van der Waals surface area contributed by atoms with E-state index in [9.17, 15) is 22.8 Å². The predicted molar refractivity (Wildman–Crippen MR) is 88.1 cm³/mol. The van der Waals surface area contributed by atoms with Crippen LogP contribution in [0.3, 0.4) is 0 Å². The van der Waals surface area contributed by atoms with Gasteiger partial charge in [0.25, 0.3) is 0 Å². The van der Waals surface area contributed by atoms with Crippen molar-refractivity contribution >= 4 is 29.3 Å². The average Bonchev–Trinajstić information content (AvgIpc) is 2.53. The number of halogens is 4. The second-order valence-corrected chi connectivity index (χ2v) is 5.95. The summed E-state index contributed by atoms with van der Waals surface area (Å²) >= 11 is 5.94. The quantitative estimate of drug-likeness (QED) is 0.734. The molecule has 1 amide bonds. The number of aromatic nitrogens is 1. The van der Waals surface area contributed by atoms with E-state index in [-0.39, 0.29) is 36.2 Å². The molecule has 6 nitrogen and oxygen atoms in total. The number of rotatable bonds is 4. The van der Waals surface area contributed by atoms with Crippen LogP contribution in [0.25, 0.3) is 0 Å². The number of alkyl halides is 3. The molecule has 1 aliphatic heterocycles. The zero-order valence-electron chi connectivity index (χ0n) is 14.4. The molecule has 0 N–H and O–H groups in total. The summed E-state index contributed by atoms with van der Waals surface area (Å²) in [4.78, 5) is 28.1. The Morgan fingerprint density at radius 2 is 2.08 bits per heavy atom. The predicted octanol–water partition coefficient (Wildman–Crippen LogP) is 3.56. The zero-order valence-corrected chi connectivity index (χ0v) is 15.1. The monoisotopic (exact) mass is 391 g/mol. The first-order valence-electron chi connectivity index (χ1n) is 7.74. The molecule has 1 aromatic rings. The minimum Gasteiger partial charge on any atom is -0.463 e. The van der Waals surface area contributed by atoms with Crippen molar-refractivity contribution in [2.24, 2.45) is 0 Å². The molecule has 0 atom stereocenters. The Morgan fingerprint density at radius 3 is 2.62 bits per heavy atom. The van der Waals surface area contributed by atoms with Gasteiger partial charge in [-0.3, -0.25) is 9.80 Å². The third-order valence-electron chi connectivity index (χ3n) is 3.86. The van der Waals surface area contributed by atoms with Gasteiger partial charge in [0.15, 0.2) is 5.82 Å². The van der Waals surface area contributed by atoms with Crippen LogP contribution in [0.2, 0.25) is 5.02 Å². The summed E-state index contributed by atoms with van der Waals surface area (Å²) in [5, 5.41) is 2.11. The van der Waals surface area contributed by atoms with Crippen LogP contribution in [0.1, 0.15) is 32.3 Å². The van der Waals surface area contributed by atoms with Gasteiger partial charge in [-0.1, -0.05) is 11.6 Å². The van der Waals surface area contributed by atoms with E-state index in [2.05, 4.69) is 4.98 Å². The maximum absolute atomic E-state index is 12.8. The zero-order chi connectivity index (χ0) is 19.6. The molecule has 26 heavy (non-hydrogen) atoms. The fraction of sp³-hybridized carbons (Fsp3) is 0.438. The summed E-state index contributed by atoms with van der Waals surface area (Å²) in [5.41, 5.74) is -0.356. The molecule has 0 aliphatic carbocycles. The number of carbonyl (C=O) groups is 2. The topological polar surface area (TPSA) is 62.7 Å². The van der Waals surface area contributed by atoms with E-state index in [0.717, 1.165) is 11.1 Å². The number of hydrogen-bond acceptors (Lipinski definition) is 5. The van der Waals surface area contributed by atoms with E-state index in [1.54, 1.807) is 13.8 Å². The number of anilines is 1. The minimum atomic E-state index is -4.58. The smallest absolute Gasteiger partial charge is 0.417 e. The van der Waals surface area contributed by atoms with Gasteiger partial charge in [-0.05, 0) is 26.3 Å². The van der Waals surface area contributed by atoms with E-state index in [4.69, 9.17) is 16.3 Å². The van der Waals surface area contributed by atoms with Gasteiger partial charge in [-0.2, -0.15) is 13.2 Å². The molecule has 0 aromatic carbocycles. The average molecular weight is 392 g/mol. The maximum atomic E-state index is 12.8. The molecule has 0 unspecified atom stereocenters. The lowest BCUT2D eigenvalue weighted by atomic mass is 10.0. The Hall–Kier alpha value is -2.29. The highest BCUT2D eigenvalue weighted by molar-refractivity contribution is 6.33. The van der Waals surface area contributed by atoms with Crippen LogP contribution in [-0.2, 0) is 20.5 Å². The number of nitrogens with zero attached hydrogens (tertiary/aromatic N) is 3. The van der Waals surface area contributed by atoms with Crippen LogP contribution >= 0.6 is 11.6 Å². The van der Waals surface area contributed by atoms with Gasteiger partial charge >= 0.3 is 12.1 Å². The number of amides is 1. The number of pyridine rings is 1. The molecule has 1 aromatic heterocycles. The van der Waals surface area contributed by atoms with Crippen LogP contribution < -0.4 is 5.01 Å². The lowest BCUT2D eigenvalue weighted by Crippen LogP contribution is -2.46. The number of allylic oxidation sites excluding steroid dienone is 1. The third kappa shape index (κ3) is 3.92. The highest BCUT2D eigenvalue weighted by Gasteiger charge is 2.34. The molecule has 2 heterocycles. The standard InChI is InChI=1S/C16H17ClF3N3O3/c1-4-26-15(25)11-5-6-13(24)23(9(11)2)22(3)14-12(17)7-10(8-21-14)16(18,19)20/h7-8H,4-6H2,1-3H3. The number of hydrazine groups is 1. The van der Waals surface area contributed by atoms with Gasteiger partial charge in [-0.15, -0.1) is 0 Å². The summed E-state index contributed by atoms with van der Waals surface area (Å²) in [6.45, 7) is 3.40. The van der Waals surface area contributed by atoms with Gasteiger partial charge < -0.3 is 4.74 Å². The van der Waals surface area contributed by atoms with Crippen molar-refractivity contribution in [2.45, 2.75) is 32.9 Å². The summed E-state index contributed by atoms with van der Waals surface area (Å²) in [5.74, 6) is -0.921. The normalized spacial score (nSPS) is 15.3. The largest absolute Gasteiger partial charge is 0.463 e. The first-order valence-corrected chi connectivity index (χ1v) is 8.12. The molecule has 142 valence electrons. The van der Waals surface area contributed by atoms with E-state index in [1.165, 1.54) is 12.1 Å². The molecule has 0 radical (unpaired) electrons. The Kier molecular flexibility index (Phi) is 5.80. The number of hydrogen-bond donors (Lipinski definition) is 0. The highest BCUT2D eigenvalue weighted by atomic mass is 35.5. The van der Waals surface area contributed by atoms with Crippen LogP contribution in [-0.4, -0.2) is 35.5 Å². The lowest BCUT2D eigenvalue weighted by molar-refractivity contribution is -0.140. The number of ether oxygens (including phenoxy) is 1. The van der Waals surface area contributed by atoms with Crippen LogP contribution in [0.5, 0.6) is 0 Å². The number of esters is 1. The van der Waals surface area contributed by atoms with E-state index in [0.29, 0.717) is 17.5 Å². The fourth-order valence-corrected chi connectivity index (χ4v) is 2.90. The van der Waals surface area contributed by atoms with Gasteiger partial charge in [0.05, 0.1) is 28.5 Å². The lowest BCUT2D eigenvalue weighted by Gasteiger charge is -2.37. The van der Waals surface area contributed by atoms with Crippen molar-refractivity contribution in [2.75, 3.05) is 18.7 Å². The van der Waals surface area contributed by atoms with Crippen LogP contribution in [0, 0.1) is 0 Å². The molecule has 1 aliphatic rings. The van der Waals surface area contributed by atoms with Gasteiger partial charge in [0.2, 0.25) is 5.91 Å². The third-order valence-corrected chi connectivity index (χ3v) is 4.14. The first kappa shape index (κ1) is 20.0. The second kappa shape index (κ2) is 7.53. The molecular weight excluding hydrogens is 375 g/mol. The Labute approximate surface area is 153 Å². The molecule has 2 rings (SSSR count). The molecule has 0 fully saturated rings. The SMILES string of the molecule is CCOC(=O)C1=C(C)N(N(C)c2ncc(C(F)(F)F)cc2Cl)C(=O)CC1. The molecule has 10 heteroatoms. The molecule has 0 bridgehead atoms. The summed E-state index contributed by atoms with van der Waals surface area (Å²) < 4.78 is 43.2. The van der Waals surface area contributed by atoms with Crippen molar-refractivity contribution in [1.29, 1.82) is 0 Å². The Balaban J connectivity index is 2.41. The van der Waals surface area contributed by atoms with Crippen molar-refractivity contribution in [3.05, 3.63) is 34.1 Å². The first-order chi connectivity index (χ1) is 12.1. The van der Waals surface area contributed by atoms with Gasteiger partial charge in [0, 0.05) is 19.7 Å². The molecule has 0 saturated carbocycles. The Morgan fingerprint density at radius 1 is 1.42 bits per heavy atom. The van der Waals surface area contributed by atoms with Crippen molar-refractivity contribution in [1.82, 2.24) is 9.99 Å². The molecular formula is C16H17ClF3N3O3. The van der Waals surface area contributed by atoms with E-state index < -0.39 is 17.7 Å². The van der Waals surface area contributed by atoms with Gasteiger partial charge in [-0.25, -0.2) is 14.8 Å². The van der Waals surface area contributed by atoms with Crippen LogP contribution in [0.4, 0.5) is 19.0 Å². The summed E-state index contributed by atoms with van der Waals surface area (Å²) in [6, 6.07) is 0.736. The minimum absolute atomic E-state index is 0.0440. The fourth-order valence-electron chi connectivity index (χ4n) is 2.61. The maximum Gasteiger partial charge on any atom is 0.417 e. The Bertz CT molecular complexity index is 765. The van der Waals surface area contributed by atoms with Gasteiger partial charge in [0.1, 0.15) is 0 Å². The summed E-state index contributed by atoms with van der Waals surface area (Å²) in [6.07, 6.45) is -3.67. The number of carbonyl (C=O) groups excluding carboxylic acids is 2. The van der Waals surface area contributed by atoms with E-state index in [1.807, 2.05) is 0 Å². The summed E-state index contributed by atoms with van der Waals surface area (Å²) in [7, 11) is 1.43. The molecule has 0 saturated heterocycles. The van der Waals surface area contributed by atoms with Crippen molar-refractivity contribution in [3.8, 4) is 0 Å². The van der Waals surface area contributed by atoms with Crippen molar-refractivity contribution in [3.63, 3.8) is 0 Å². The molecule has 0 spiro atoms.